The van der Waals surface area contributed by atoms with E-state index >= 15 is 0 Å². The number of aromatic hydroxyl groups is 1. The van der Waals surface area contributed by atoms with E-state index in [4.69, 9.17) is 21.7 Å². The van der Waals surface area contributed by atoms with Gasteiger partial charge in [0.25, 0.3) is 11.8 Å². The molecule has 2 N–H and O–H groups in total. The summed E-state index contributed by atoms with van der Waals surface area (Å²) in [6.07, 6.45) is 1.42. The maximum atomic E-state index is 13.2. The van der Waals surface area contributed by atoms with Crippen molar-refractivity contribution in [3.63, 3.8) is 0 Å². The van der Waals surface area contributed by atoms with E-state index in [1.54, 1.807) is 43.3 Å². The fraction of sp³-hybridized carbons (Fsp3) is 0.190. The number of hydrogen-bond acceptors (Lipinski definition) is 6. The van der Waals surface area contributed by atoms with Gasteiger partial charge >= 0.3 is 0 Å². The summed E-state index contributed by atoms with van der Waals surface area (Å²) in [6.45, 7) is 4.46. The van der Waals surface area contributed by atoms with Crippen molar-refractivity contribution in [3.05, 3.63) is 52.0 Å². The normalized spacial score (nSPS) is 15.4. The molecule has 0 bridgehead atoms. The van der Waals surface area contributed by atoms with E-state index in [1.165, 1.54) is 11.0 Å². The molecule has 1 saturated heterocycles. The minimum absolute atomic E-state index is 0.0160. The van der Waals surface area contributed by atoms with E-state index in [1.807, 2.05) is 6.92 Å². The summed E-state index contributed by atoms with van der Waals surface area (Å²) in [7, 11) is 0. The Morgan fingerprint density at radius 3 is 2.60 bits per heavy atom. The number of halogens is 1. The number of rotatable bonds is 6. The van der Waals surface area contributed by atoms with Crippen LogP contribution in [-0.4, -0.2) is 35.2 Å². The lowest BCUT2D eigenvalue weighted by atomic mass is 10.1. The van der Waals surface area contributed by atoms with Gasteiger partial charge in [0.1, 0.15) is 11.3 Å². The van der Waals surface area contributed by atoms with Gasteiger partial charge < -0.3 is 14.6 Å². The number of carbonyl (C=O) groups excluding carboxylic acids is 2. The largest absolute Gasteiger partial charge is 0.503 e. The molecule has 156 valence electrons. The predicted molar refractivity (Wildman–Crippen MR) is 121 cm³/mol. The molecule has 0 saturated carbocycles. The van der Waals surface area contributed by atoms with E-state index in [0.717, 1.165) is 0 Å². The number of thiocarbonyl (C=S) groups is 1. The zero-order valence-electron chi connectivity index (χ0n) is 16.3. The summed E-state index contributed by atoms with van der Waals surface area (Å²) >= 11 is 8.48. The van der Waals surface area contributed by atoms with Gasteiger partial charge in [-0.25, -0.2) is 0 Å². The van der Waals surface area contributed by atoms with Gasteiger partial charge in [-0.3, -0.25) is 19.8 Å². The van der Waals surface area contributed by atoms with Gasteiger partial charge in [0.2, 0.25) is 0 Å². The molecular formula is C21H19BrN2O5S. The first-order chi connectivity index (χ1) is 14.3. The van der Waals surface area contributed by atoms with Crippen LogP contribution in [-0.2, 0) is 9.59 Å². The number of amides is 2. The van der Waals surface area contributed by atoms with E-state index in [-0.39, 0.29) is 22.2 Å². The van der Waals surface area contributed by atoms with Gasteiger partial charge in [-0.2, -0.15) is 0 Å². The van der Waals surface area contributed by atoms with Gasteiger partial charge in [0.15, 0.2) is 16.6 Å². The molecule has 0 atom stereocenters. The molecule has 1 aliphatic rings. The molecule has 1 aliphatic heterocycles. The SMILES string of the molecule is CCOc1cccc(N2C(=O)/C(=C\c3cc(Br)c(O)c(OCC)c3)C(=O)NC2=S)c1. The number of ether oxygens (including phenoxy) is 2. The van der Waals surface area contributed by atoms with Crippen molar-refractivity contribution in [2.45, 2.75) is 13.8 Å². The molecule has 2 aromatic carbocycles. The second kappa shape index (κ2) is 9.27. The molecular weight excluding hydrogens is 472 g/mol. The highest BCUT2D eigenvalue weighted by atomic mass is 79.9. The van der Waals surface area contributed by atoms with Crippen LogP contribution in [0.2, 0.25) is 0 Å². The third-order valence-corrected chi connectivity index (χ3v) is 5.04. The van der Waals surface area contributed by atoms with Crippen molar-refractivity contribution < 1.29 is 24.2 Å². The second-order valence-corrected chi connectivity index (χ2v) is 7.41. The first kappa shape index (κ1) is 21.8. The zero-order chi connectivity index (χ0) is 21.8. The first-order valence-electron chi connectivity index (χ1n) is 9.15. The van der Waals surface area contributed by atoms with Crippen molar-refractivity contribution in [3.8, 4) is 17.2 Å². The highest BCUT2D eigenvalue weighted by Crippen LogP contribution is 2.36. The number of benzene rings is 2. The molecule has 3 rings (SSSR count). The van der Waals surface area contributed by atoms with Crippen LogP contribution in [0.5, 0.6) is 17.2 Å². The third-order valence-electron chi connectivity index (χ3n) is 4.15. The molecule has 2 aromatic rings. The van der Waals surface area contributed by atoms with Crippen LogP contribution in [0.4, 0.5) is 5.69 Å². The van der Waals surface area contributed by atoms with E-state index in [0.29, 0.717) is 34.7 Å². The van der Waals surface area contributed by atoms with Crippen LogP contribution in [0.25, 0.3) is 6.08 Å². The van der Waals surface area contributed by atoms with Crippen LogP contribution in [0.1, 0.15) is 19.4 Å². The number of nitrogens with one attached hydrogen (secondary N) is 1. The predicted octanol–water partition coefficient (Wildman–Crippen LogP) is 3.78. The van der Waals surface area contributed by atoms with E-state index in [9.17, 15) is 14.7 Å². The average Bonchev–Trinajstić information content (AvgIpc) is 2.69. The summed E-state index contributed by atoms with van der Waals surface area (Å²) in [5.74, 6) is -0.422. The number of phenolic OH excluding ortho intramolecular Hbond substituents is 1. The van der Waals surface area contributed by atoms with Gasteiger partial charge in [-0.15, -0.1) is 0 Å². The van der Waals surface area contributed by atoms with Gasteiger partial charge in [-0.05, 0) is 77.9 Å². The van der Waals surface area contributed by atoms with Crippen LogP contribution in [0, 0.1) is 0 Å². The summed E-state index contributed by atoms with van der Waals surface area (Å²) in [4.78, 5) is 26.9. The quantitative estimate of drug-likeness (QED) is 0.363. The Balaban J connectivity index is 2.02. The molecule has 0 spiro atoms. The molecule has 1 fully saturated rings. The summed E-state index contributed by atoms with van der Waals surface area (Å²) < 4.78 is 11.3. The number of nitrogens with zero attached hydrogens (tertiary/aromatic N) is 1. The molecule has 30 heavy (non-hydrogen) atoms. The Bertz CT molecular complexity index is 1050. The van der Waals surface area contributed by atoms with Gasteiger partial charge in [0.05, 0.1) is 23.4 Å². The van der Waals surface area contributed by atoms with Crippen LogP contribution >= 0.6 is 28.1 Å². The van der Waals surface area contributed by atoms with Crippen LogP contribution < -0.4 is 19.7 Å². The maximum Gasteiger partial charge on any atom is 0.270 e. The molecule has 2 amide bonds. The summed E-state index contributed by atoms with van der Waals surface area (Å²) in [5.41, 5.74) is 0.867. The Hall–Kier alpha value is -2.91. The molecule has 9 heteroatoms. The number of carbonyl (C=O) groups is 2. The first-order valence-corrected chi connectivity index (χ1v) is 10.4. The third kappa shape index (κ3) is 4.47. The fourth-order valence-electron chi connectivity index (χ4n) is 2.88. The number of anilines is 1. The lowest BCUT2D eigenvalue weighted by molar-refractivity contribution is -0.122. The minimum Gasteiger partial charge on any atom is -0.503 e. The van der Waals surface area contributed by atoms with Crippen molar-refractivity contribution in [1.29, 1.82) is 0 Å². The van der Waals surface area contributed by atoms with E-state index < -0.39 is 11.8 Å². The average molecular weight is 491 g/mol. The zero-order valence-corrected chi connectivity index (χ0v) is 18.7. The number of phenols is 1. The molecule has 0 aromatic heterocycles. The monoisotopic (exact) mass is 490 g/mol. The second-order valence-electron chi connectivity index (χ2n) is 6.17. The highest BCUT2D eigenvalue weighted by molar-refractivity contribution is 9.10. The fourth-order valence-corrected chi connectivity index (χ4v) is 3.62. The Morgan fingerprint density at radius 1 is 1.17 bits per heavy atom. The maximum absolute atomic E-state index is 13.2. The smallest absolute Gasteiger partial charge is 0.270 e. The van der Waals surface area contributed by atoms with Gasteiger partial charge in [-0.1, -0.05) is 6.07 Å². The van der Waals surface area contributed by atoms with Crippen molar-refractivity contribution >= 4 is 56.8 Å². The molecule has 1 heterocycles. The molecule has 0 aliphatic carbocycles. The summed E-state index contributed by atoms with van der Waals surface area (Å²) in [6, 6.07) is 10.0. The molecule has 0 radical (unpaired) electrons. The topological polar surface area (TPSA) is 88.1 Å². The standard InChI is InChI=1S/C21H19BrN2O5S/c1-3-28-14-7-5-6-13(11-14)24-20(27)15(19(26)23-21(24)30)8-12-9-16(22)18(25)17(10-12)29-4-2/h5-11,25H,3-4H2,1-2H3,(H,23,26,30)/b15-8-. The van der Waals surface area contributed by atoms with Crippen molar-refractivity contribution in [1.82, 2.24) is 5.32 Å². The van der Waals surface area contributed by atoms with E-state index in [2.05, 4.69) is 21.2 Å². The minimum atomic E-state index is -0.607. The lowest BCUT2D eigenvalue weighted by Gasteiger charge is -2.29. The Morgan fingerprint density at radius 2 is 1.90 bits per heavy atom. The Kier molecular flexibility index (Phi) is 6.73. The van der Waals surface area contributed by atoms with Crippen molar-refractivity contribution in [2.24, 2.45) is 0 Å². The van der Waals surface area contributed by atoms with Crippen LogP contribution in [0.3, 0.4) is 0 Å². The molecule has 7 nitrogen and oxygen atoms in total. The summed E-state index contributed by atoms with van der Waals surface area (Å²) in [5, 5.41) is 12.6. The van der Waals surface area contributed by atoms with Crippen molar-refractivity contribution in [2.75, 3.05) is 18.1 Å². The number of hydrogen-bond donors (Lipinski definition) is 2. The Labute approximate surface area is 187 Å². The van der Waals surface area contributed by atoms with Crippen LogP contribution in [0.15, 0.2) is 46.4 Å². The van der Waals surface area contributed by atoms with Gasteiger partial charge in [0, 0.05) is 6.07 Å². The molecule has 0 unspecified atom stereocenters. The lowest BCUT2D eigenvalue weighted by Crippen LogP contribution is -2.54. The highest BCUT2D eigenvalue weighted by Gasteiger charge is 2.34.